The van der Waals surface area contributed by atoms with E-state index >= 15 is 0 Å². The van der Waals surface area contributed by atoms with Gasteiger partial charge >= 0.3 is 0 Å². The van der Waals surface area contributed by atoms with E-state index in [0.29, 0.717) is 13.1 Å². The highest BCUT2D eigenvalue weighted by Gasteiger charge is 2.34. The van der Waals surface area contributed by atoms with Crippen LogP contribution in [0.5, 0.6) is 0 Å². The predicted octanol–water partition coefficient (Wildman–Crippen LogP) is 3.61. The van der Waals surface area contributed by atoms with Crippen LogP contribution in [-0.4, -0.2) is 24.0 Å². The Balaban J connectivity index is 2.07. The first-order valence-electron chi connectivity index (χ1n) is 6.37. The maximum absolute atomic E-state index is 13.1. The molecular formula is C14H20F2N2. The zero-order valence-corrected chi connectivity index (χ0v) is 11.2. The largest absolute Gasteiger partial charge is 0.356 e. The highest BCUT2D eigenvalue weighted by atomic mass is 19.3. The van der Waals surface area contributed by atoms with Crippen molar-refractivity contribution >= 4 is 5.82 Å². The van der Waals surface area contributed by atoms with Gasteiger partial charge in [-0.3, -0.25) is 0 Å². The topological polar surface area (TPSA) is 16.1 Å². The fraction of sp³-hybridized carbons (Fsp3) is 0.643. The van der Waals surface area contributed by atoms with Gasteiger partial charge in [0.2, 0.25) is 0 Å². The number of rotatable bonds is 1. The number of aromatic nitrogens is 1. The van der Waals surface area contributed by atoms with Crippen LogP contribution in [0.2, 0.25) is 0 Å². The van der Waals surface area contributed by atoms with Crippen LogP contribution >= 0.6 is 0 Å². The number of anilines is 1. The Bertz CT molecular complexity index is 397. The quantitative estimate of drug-likeness (QED) is 0.761. The molecule has 0 saturated carbocycles. The van der Waals surface area contributed by atoms with Gasteiger partial charge in [0, 0.05) is 32.1 Å². The lowest BCUT2D eigenvalue weighted by molar-refractivity contribution is -0.0221. The zero-order valence-electron chi connectivity index (χ0n) is 11.2. The number of hydrogen-bond donors (Lipinski definition) is 0. The van der Waals surface area contributed by atoms with E-state index in [4.69, 9.17) is 0 Å². The van der Waals surface area contributed by atoms with Crippen molar-refractivity contribution in [2.75, 3.05) is 18.0 Å². The molecule has 1 aliphatic rings. The van der Waals surface area contributed by atoms with Gasteiger partial charge < -0.3 is 4.90 Å². The van der Waals surface area contributed by atoms with Gasteiger partial charge in [-0.2, -0.15) is 0 Å². The normalized spacial score (nSPS) is 19.9. The first kappa shape index (κ1) is 13.2. The van der Waals surface area contributed by atoms with Gasteiger partial charge in [0.15, 0.2) is 0 Å². The predicted molar refractivity (Wildman–Crippen MR) is 69.3 cm³/mol. The second-order valence-electron chi connectivity index (χ2n) is 6.00. The Hall–Kier alpha value is -1.19. The summed E-state index contributed by atoms with van der Waals surface area (Å²) < 4.78 is 26.1. The van der Waals surface area contributed by atoms with E-state index < -0.39 is 5.92 Å². The van der Waals surface area contributed by atoms with Gasteiger partial charge in [-0.05, 0) is 17.0 Å². The van der Waals surface area contributed by atoms with Crippen molar-refractivity contribution in [2.24, 2.45) is 0 Å². The Morgan fingerprint density at radius 2 is 1.78 bits per heavy atom. The molecule has 0 N–H and O–H groups in total. The molecule has 0 spiro atoms. The lowest BCUT2D eigenvalue weighted by atomic mass is 9.88. The summed E-state index contributed by atoms with van der Waals surface area (Å²) in [6.07, 6.45) is 1.70. The zero-order chi connectivity index (χ0) is 13.4. The van der Waals surface area contributed by atoms with Crippen LogP contribution in [0.4, 0.5) is 14.6 Å². The highest BCUT2D eigenvalue weighted by molar-refractivity contribution is 5.41. The Labute approximate surface area is 107 Å². The third-order valence-corrected chi connectivity index (χ3v) is 3.43. The highest BCUT2D eigenvalue weighted by Crippen LogP contribution is 2.30. The number of piperidine rings is 1. The molecule has 100 valence electrons. The third kappa shape index (κ3) is 2.98. The minimum absolute atomic E-state index is 0.0699. The number of halogens is 2. The van der Waals surface area contributed by atoms with E-state index in [-0.39, 0.29) is 18.3 Å². The molecule has 0 aromatic carbocycles. The molecule has 0 amide bonds. The summed E-state index contributed by atoms with van der Waals surface area (Å²) >= 11 is 0. The van der Waals surface area contributed by atoms with Crippen LogP contribution in [0.1, 0.15) is 39.2 Å². The summed E-state index contributed by atoms with van der Waals surface area (Å²) in [4.78, 5) is 6.33. The smallest absolute Gasteiger partial charge is 0.251 e. The monoisotopic (exact) mass is 254 g/mol. The minimum atomic E-state index is -2.50. The molecule has 0 aliphatic carbocycles. The van der Waals surface area contributed by atoms with Crippen molar-refractivity contribution in [2.45, 2.75) is 45.0 Å². The molecule has 1 fully saturated rings. The molecule has 0 radical (unpaired) electrons. The fourth-order valence-corrected chi connectivity index (χ4v) is 2.08. The molecule has 0 bridgehead atoms. The maximum Gasteiger partial charge on any atom is 0.251 e. The molecule has 1 aliphatic heterocycles. The molecule has 2 rings (SSSR count). The van der Waals surface area contributed by atoms with E-state index in [0.717, 1.165) is 11.4 Å². The number of hydrogen-bond acceptors (Lipinski definition) is 2. The molecule has 0 atom stereocenters. The first-order chi connectivity index (χ1) is 8.28. The number of alkyl halides is 2. The summed E-state index contributed by atoms with van der Waals surface area (Å²) in [6, 6.07) is 3.97. The lowest BCUT2D eigenvalue weighted by Crippen LogP contribution is -2.39. The van der Waals surface area contributed by atoms with E-state index in [2.05, 4.69) is 25.8 Å². The van der Waals surface area contributed by atoms with Crippen LogP contribution in [0.3, 0.4) is 0 Å². The van der Waals surface area contributed by atoms with Crippen LogP contribution < -0.4 is 4.90 Å². The number of nitrogens with zero attached hydrogens (tertiary/aromatic N) is 2. The van der Waals surface area contributed by atoms with Gasteiger partial charge in [-0.15, -0.1) is 0 Å². The number of pyridine rings is 1. The van der Waals surface area contributed by atoms with Crippen LogP contribution in [0.25, 0.3) is 0 Å². The summed E-state index contributed by atoms with van der Waals surface area (Å²) in [5.41, 5.74) is 1.23. The summed E-state index contributed by atoms with van der Waals surface area (Å²) in [6.45, 7) is 7.16. The maximum atomic E-state index is 13.1. The average Bonchev–Trinajstić information content (AvgIpc) is 2.28. The van der Waals surface area contributed by atoms with E-state index in [1.54, 1.807) is 0 Å². The third-order valence-electron chi connectivity index (χ3n) is 3.43. The molecule has 1 saturated heterocycles. The first-order valence-corrected chi connectivity index (χ1v) is 6.37. The van der Waals surface area contributed by atoms with Crippen molar-refractivity contribution in [1.82, 2.24) is 4.98 Å². The van der Waals surface area contributed by atoms with Crippen molar-refractivity contribution in [3.8, 4) is 0 Å². The molecule has 2 nitrogen and oxygen atoms in total. The molecule has 2 heterocycles. The van der Waals surface area contributed by atoms with E-state index in [1.165, 1.54) is 0 Å². The van der Waals surface area contributed by atoms with Gasteiger partial charge in [0.05, 0.1) is 0 Å². The van der Waals surface area contributed by atoms with Gasteiger partial charge in [-0.25, -0.2) is 13.8 Å². The Kier molecular flexibility index (Phi) is 3.30. The van der Waals surface area contributed by atoms with Crippen molar-refractivity contribution in [3.63, 3.8) is 0 Å². The molecule has 1 aromatic heterocycles. The van der Waals surface area contributed by atoms with Crippen LogP contribution in [0, 0.1) is 0 Å². The average molecular weight is 254 g/mol. The van der Waals surface area contributed by atoms with Crippen molar-refractivity contribution in [1.29, 1.82) is 0 Å². The van der Waals surface area contributed by atoms with E-state index in [1.807, 2.05) is 23.2 Å². The standard InChI is InChI=1S/C14H20F2N2/c1-13(2,3)11-4-5-12(17-10-11)18-8-6-14(15,16)7-9-18/h4-5,10H,6-9H2,1-3H3. The second-order valence-corrected chi connectivity index (χ2v) is 6.00. The van der Waals surface area contributed by atoms with E-state index in [9.17, 15) is 8.78 Å². The lowest BCUT2D eigenvalue weighted by Gasteiger charge is -2.32. The van der Waals surface area contributed by atoms with Crippen LogP contribution in [0.15, 0.2) is 18.3 Å². The molecule has 1 aromatic rings. The SMILES string of the molecule is CC(C)(C)c1ccc(N2CCC(F)(F)CC2)nc1. The summed E-state index contributed by atoms with van der Waals surface area (Å²) in [5, 5.41) is 0. The van der Waals surface area contributed by atoms with Crippen molar-refractivity contribution < 1.29 is 8.78 Å². The molecule has 0 unspecified atom stereocenters. The molecular weight excluding hydrogens is 234 g/mol. The molecule has 4 heteroatoms. The van der Waals surface area contributed by atoms with Crippen LogP contribution in [-0.2, 0) is 5.41 Å². The van der Waals surface area contributed by atoms with Crippen molar-refractivity contribution in [3.05, 3.63) is 23.9 Å². The Morgan fingerprint density at radius 1 is 1.17 bits per heavy atom. The van der Waals surface area contributed by atoms with Gasteiger partial charge in [-0.1, -0.05) is 26.8 Å². The summed E-state index contributed by atoms with van der Waals surface area (Å²) in [5.74, 6) is -1.69. The second kappa shape index (κ2) is 4.48. The Morgan fingerprint density at radius 3 is 2.22 bits per heavy atom. The van der Waals surface area contributed by atoms with Gasteiger partial charge in [0.1, 0.15) is 5.82 Å². The van der Waals surface area contributed by atoms with Gasteiger partial charge in [0.25, 0.3) is 5.92 Å². The summed E-state index contributed by atoms with van der Waals surface area (Å²) in [7, 11) is 0. The minimum Gasteiger partial charge on any atom is -0.356 e. The molecule has 18 heavy (non-hydrogen) atoms. The fourth-order valence-electron chi connectivity index (χ4n) is 2.08.